The molecule has 0 aliphatic rings. The quantitative estimate of drug-likeness (QED) is 0.0147. The van der Waals surface area contributed by atoms with Gasteiger partial charge in [-0.05, 0) is 38.5 Å². The van der Waals surface area contributed by atoms with Gasteiger partial charge in [0.05, 0.1) is 13.2 Å². The Morgan fingerprint density at radius 1 is 0.446 bits per heavy atom. The molecule has 16 heteroatoms. The number of esters is 2. The highest BCUT2D eigenvalue weighted by atomic mass is 31.2. The summed E-state index contributed by atoms with van der Waals surface area (Å²) in [7, 11) is -9.23. The van der Waals surface area contributed by atoms with E-state index in [1.165, 1.54) is 116 Å². The third kappa shape index (κ3) is 50.8. The lowest BCUT2D eigenvalue weighted by molar-refractivity contribution is -0.148. The molecule has 2 atom stereocenters. The molecule has 0 aliphatic heterocycles. The van der Waals surface area contributed by atoms with Gasteiger partial charge >= 0.3 is 27.6 Å². The lowest BCUT2D eigenvalue weighted by atomic mass is 10.0. The molecule has 0 aliphatic carbocycles. The number of aliphatic hydroxyl groups excluding tert-OH is 2. The number of allylic oxidation sites excluding steroid dienone is 2. The Morgan fingerprint density at radius 3 is 1.00 bits per heavy atom. The summed E-state index contributed by atoms with van der Waals surface area (Å²) in [5.41, 5.74) is 0. The van der Waals surface area contributed by atoms with Crippen LogP contribution in [0.5, 0.6) is 0 Å². The number of hydrogen-bond acceptors (Lipinski definition) is 10. The van der Waals surface area contributed by atoms with E-state index < -0.39 is 53.0 Å². The van der Waals surface area contributed by atoms with Crippen molar-refractivity contribution in [3.05, 3.63) is 12.2 Å². The van der Waals surface area contributed by atoms with E-state index in [9.17, 15) is 28.9 Å². The van der Waals surface area contributed by atoms with E-state index in [0.717, 1.165) is 51.4 Å². The van der Waals surface area contributed by atoms with Gasteiger partial charge in [-0.3, -0.25) is 18.6 Å². The van der Waals surface area contributed by atoms with Crippen LogP contribution in [0, 0.1) is 0 Å². The first-order valence-corrected chi connectivity index (χ1v) is 24.5. The van der Waals surface area contributed by atoms with Crippen molar-refractivity contribution in [1.82, 2.24) is 0 Å². The largest absolute Gasteiger partial charge is 0.469 e. The predicted molar refractivity (Wildman–Crippen MR) is 220 cm³/mol. The van der Waals surface area contributed by atoms with E-state index in [1.54, 1.807) is 0 Å². The van der Waals surface area contributed by atoms with Crippen molar-refractivity contribution in [3.8, 4) is 0 Å². The average molecular weight is 847 g/mol. The summed E-state index contributed by atoms with van der Waals surface area (Å²) in [6.45, 7) is 2.67. The van der Waals surface area contributed by atoms with Gasteiger partial charge in [0.25, 0.3) is 0 Å². The van der Waals surface area contributed by atoms with Crippen molar-refractivity contribution < 1.29 is 67.0 Å². The molecule has 334 valence electrons. The Kier molecular flexibility index (Phi) is 41.3. The zero-order valence-corrected chi connectivity index (χ0v) is 36.6. The standard InChI is InChI=1S/C21H41O7P.C19H39O7P/c1-2-3-4-5-6-7-8-9-10-11-12-13-14-15-16-17-21(23)27-18-20(22)19-28-29(24,25)26;1-2-3-4-5-6-7-8-9-10-11-12-13-14-15-19(21)25-16-18(20)17-26-27(22,23)24/h9-10,20,22H,2-8,11-19H2,1H3,(H2,24,25,26);18,20H,2-17H2,1H3,(H2,22,23,24)/b10-9-;/t20-;18-/m11/s1. The van der Waals surface area contributed by atoms with Crippen molar-refractivity contribution in [3.63, 3.8) is 0 Å². The number of ether oxygens (including phenoxy) is 2. The molecule has 0 rings (SSSR count). The van der Waals surface area contributed by atoms with Crippen LogP contribution < -0.4 is 0 Å². The summed E-state index contributed by atoms with van der Waals surface area (Å²) >= 11 is 0. The average Bonchev–Trinajstić information content (AvgIpc) is 3.14. The predicted octanol–water partition coefficient (Wildman–Crippen LogP) is 9.52. The minimum atomic E-state index is -4.62. The molecular formula is C40H80O14P2. The molecule has 0 radical (unpaired) electrons. The monoisotopic (exact) mass is 847 g/mol. The van der Waals surface area contributed by atoms with Gasteiger partial charge in [-0.2, -0.15) is 0 Å². The Hall–Kier alpha value is -1.18. The SMILES string of the molecule is CCCCCCCC/C=C\CCCCCCCC(=O)OC[C@@H](O)COP(=O)(O)O.CCCCCCCCCCCCCCCC(=O)OC[C@@H](O)COP(=O)(O)O. The fraction of sp³-hybridized carbons (Fsp3) is 0.900. The van der Waals surface area contributed by atoms with Crippen LogP contribution in [-0.2, 0) is 37.2 Å². The molecule has 0 aromatic carbocycles. The number of unbranched alkanes of at least 4 members (excludes halogenated alkanes) is 23. The van der Waals surface area contributed by atoms with Crippen LogP contribution in [0.2, 0.25) is 0 Å². The van der Waals surface area contributed by atoms with Gasteiger partial charge in [-0.15, -0.1) is 0 Å². The molecule has 6 N–H and O–H groups in total. The molecule has 0 aromatic heterocycles. The van der Waals surface area contributed by atoms with Crippen molar-refractivity contribution in [2.45, 2.75) is 206 Å². The minimum Gasteiger partial charge on any atom is -0.463 e. The Balaban J connectivity index is 0. The zero-order valence-electron chi connectivity index (χ0n) is 34.8. The van der Waals surface area contributed by atoms with Crippen molar-refractivity contribution in [2.24, 2.45) is 0 Å². The normalized spacial score (nSPS) is 13.0. The maximum atomic E-state index is 11.5. The molecule has 0 spiro atoms. The first-order chi connectivity index (χ1) is 26.7. The second-order valence-corrected chi connectivity index (χ2v) is 17.1. The van der Waals surface area contributed by atoms with Crippen LogP contribution in [0.3, 0.4) is 0 Å². The summed E-state index contributed by atoms with van der Waals surface area (Å²) in [4.78, 5) is 57.1. The van der Waals surface area contributed by atoms with Crippen molar-refractivity contribution >= 4 is 27.6 Å². The van der Waals surface area contributed by atoms with E-state index >= 15 is 0 Å². The molecule has 0 aromatic rings. The van der Waals surface area contributed by atoms with Crippen LogP contribution in [0.1, 0.15) is 194 Å². The van der Waals surface area contributed by atoms with Gasteiger partial charge in [0.2, 0.25) is 0 Å². The number of phosphoric ester groups is 2. The van der Waals surface area contributed by atoms with Gasteiger partial charge in [-0.1, -0.05) is 154 Å². The van der Waals surface area contributed by atoms with Gasteiger partial charge in [0.15, 0.2) is 0 Å². The third-order valence-corrected chi connectivity index (χ3v) is 9.84. The molecule has 56 heavy (non-hydrogen) atoms. The molecule has 14 nitrogen and oxygen atoms in total. The molecule has 0 fully saturated rings. The summed E-state index contributed by atoms with van der Waals surface area (Å²) in [6, 6.07) is 0. The fourth-order valence-corrected chi connectivity index (χ4v) is 6.34. The first-order valence-electron chi connectivity index (χ1n) is 21.4. The van der Waals surface area contributed by atoms with E-state index in [1.807, 2.05) is 0 Å². The number of phosphoric acid groups is 2. The minimum absolute atomic E-state index is 0.282. The van der Waals surface area contributed by atoms with Crippen LogP contribution in [-0.4, -0.2) is 80.4 Å². The van der Waals surface area contributed by atoms with E-state index in [2.05, 4.69) is 35.0 Å². The van der Waals surface area contributed by atoms with Gasteiger partial charge in [0.1, 0.15) is 25.4 Å². The lowest BCUT2D eigenvalue weighted by Crippen LogP contribution is -2.23. The molecule has 0 bridgehead atoms. The van der Waals surface area contributed by atoms with E-state index in [4.69, 9.17) is 29.0 Å². The maximum absolute atomic E-state index is 11.5. The number of rotatable bonds is 39. The highest BCUT2D eigenvalue weighted by Gasteiger charge is 2.19. The number of aliphatic hydroxyl groups is 2. The topological polar surface area (TPSA) is 227 Å². The fourth-order valence-electron chi connectivity index (χ4n) is 5.61. The van der Waals surface area contributed by atoms with E-state index in [-0.39, 0.29) is 19.6 Å². The van der Waals surface area contributed by atoms with Gasteiger partial charge < -0.3 is 39.3 Å². The molecule has 0 amide bonds. The van der Waals surface area contributed by atoms with Gasteiger partial charge in [0, 0.05) is 12.8 Å². The summed E-state index contributed by atoms with van der Waals surface area (Å²) in [5.74, 6) is -0.828. The van der Waals surface area contributed by atoms with Crippen molar-refractivity contribution in [1.29, 1.82) is 0 Å². The highest BCUT2D eigenvalue weighted by molar-refractivity contribution is 7.46. The maximum Gasteiger partial charge on any atom is 0.469 e. The lowest BCUT2D eigenvalue weighted by Gasteiger charge is -2.12. The molecule has 0 unspecified atom stereocenters. The van der Waals surface area contributed by atoms with Gasteiger partial charge in [-0.25, -0.2) is 9.13 Å². The second kappa shape index (κ2) is 40.6. The zero-order chi connectivity index (χ0) is 42.2. The third-order valence-electron chi connectivity index (χ3n) is 8.87. The molecule has 0 heterocycles. The number of hydrogen-bond donors (Lipinski definition) is 6. The van der Waals surface area contributed by atoms with Crippen molar-refractivity contribution in [2.75, 3.05) is 26.4 Å². The van der Waals surface area contributed by atoms with E-state index in [0.29, 0.717) is 6.42 Å². The number of carbonyl (C=O) groups excluding carboxylic acids is 2. The van der Waals surface area contributed by atoms with Crippen LogP contribution in [0.4, 0.5) is 0 Å². The smallest absolute Gasteiger partial charge is 0.463 e. The summed E-state index contributed by atoms with van der Waals surface area (Å²) < 4.78 is 38.9. The Bertz CT molecular complexity index is 1020. The molecule has 0 saturated heterocycles. The first kappa shape index (κ1) is 56.9. The molecule has 0 saturated carbocycles. The number of carbonyl (C=O) groups is 2. The summed E-state index contributed by atoms with van der Waals surface area (Å²) in [5, 5.41) is 18.8. The van der Waals surface area contributed by atoms with Crippen LogP contribution >= 0.6 is 15.6 Å². The summed E-state index contributed by atoms with van der Waals surface area (Å²) in [6.07, 6.45) is 34.1. The molecular weight excluding hydrogens is 766 g/mol. The Morgan fingerprint density at radius 2 is 0.714 bits per heavy atom. The highest BCUT2D eigenvalue weighted by Crippen LogP contribution is 2.36. The Labute approximate surface area is 338 Å². The second-order valence-electron chi connectivity index (χ2n) is 14.6. The van der Waals surface area contributed by atoms with Crippen LogP contribution in [0.25, 0.3) is 0 Å². The van der Waals surface area contributed by atoms with Crippen LogP contribution in [0.15, 0.2) is 12.2 Å².